The summed E-state index contributed by atoms with van der Waals surface area (Å²) < 4.78 is 0. The summed E-state index contributed by atoms with van der Waals surface area (Å²) in [6.45, 7) is 3.42. The maximum absolute atomic E-state index is 12.5. The molecule has 18 heavy (non-hydrogen) atoms. The molecule has 1 saturated heterocycles. The van der Waals surface area contributed by atoms with Crippen LogP contribution in [0.5, 0.6) is 0 Å². The van der Waals surface area contributed by atoms with Crippen LogP contribution in [0.3, 0.4) is 0 Å². The lowest BCUT2D eigenvalue weighted by Crippen LogP contribution is -2.53. The van der Waals surface area contributed by atoms with Crippen molar-refractivity contribution in [1.82, 2.24) is 16.0 Å². The molecule has 0 aromatic carbocycles. The van der Waals surface area contributed by atoms with Gasteiger partial charge in [0.25, 0.3) is 0 Å². The third-order valence-corrected chi connectivity index (χ3v) is 4.48. The van der Waals surface area contributed by atoms with Crippen LogP contribution in [0.2, 0.25) is 0 Å². The molecule has 2 fully saturated rings. The Bertz CT molecular complexity index is 345. The van der Waals surface area contributed by atoms with E-state index in [2.05, 4.69) is 16.0 Å². The van der Waals surface area contributed by atoms with Gasteiger partial charge in [-0.15, -0.1) is 0 Å². The lowest BCUT2D eigenvalue weighted by molar-refractivity contribution is -0.137. The van der Waals surface area contributed by atoms with Crippen molar-refractivity contribution in [2.45, 2.75) is 38.6 Å². The molecular weight excluding hydrogens is 230 g/mol. The zero-order valence-electron chi connectivity index (χ0n) is 11.2. The third kappa shape index (κ3) is 2.23. The van der Waals surface area contributed by atoms with E-state index in [4.69, 9.17) is 0 Å². The summed E-state index contributed by atoms with van der Waals surface area (Å²) in [5, 5.41) is 8.77. The SMILES string of the molecule is CNC(=O)[C@@H](C)NC(=O)[C@@]12CCCC[C@H]1CNC2. The Balaban J connectivity index is 2.05. The van der Waals surface area contributed by atoms with Crippen LogP contribution in [0.4, 0.5) is 0 Å². The number of amides is 2. The topological polar surface area (TPSA) is 70.2 Å². The second kappa shape index (κ2) is 5.26. The molecule has 0 radical (unpaired) electrons. The predicted molar refractivity (Wildman–Crippen MR) is 68.9 cm³/mol. The summed E-state index contributed by atoms with van der Waals surface area (Å²) in [6.07, 6.45) is 4.39. The molecule has 0 aromatic heterocycles. The minimum Gasteiger partial charge on any atom is -0.357 e. The van der Waals surface area contributed by atoms with E-state index in [1.54, 1.807) is 14.0 Å². The normalized spacial score (nSPS) is 32.4. The monoisotopic (exact) mass is 253 g/mol. The van der Waals surface area contributed by atoms with E-state index in [1.807, 2.05) is 0 Å². The summed E-state index contributed by atoms with van der Waals surface area (Å²) >= 11 is 0. The first-order valence-electron chi connectivity index (χ1n) is 6.83. The standard InChI is InChI=1S/C13H23N3O2/c1-9(11(17)14-2)16-12(18)13-6-4-3-5-10(13)7-15-8-13/h9-10,15H,3-8H2,1-2H3,(H,14,17)(H,16,18)/t9-,10+,13-/m1/s1. The van der Waals surface area contributed by atoms with Gasteiger partial charge >= 0.3 is 0 Å². The molecule has 0 aromatic rings. The smallest absolute Gasteiger partial charge is 0.242 e. The number of rotatable bonds is 3. The van der Waals surface area contributed by atoms with Crippen LogP contribution < -0.4 is 16.0 Å². The fourth-order valence-electron chi connectivity index (χ4n) is 3.31. The first kappa shape index (κ1) is 13.3. The van der Waals surface area contributed by atoms with Crippen molar-refractivity contribution in [2.24, 2.45) is 11.3 Å². The van der Waals surface area contributed by atoms with Crippen molar-refractivity contribution in [3.05, 3.63) is 0 Å². The van der Waals surface area contributed by atoms with Crippen molar-refractivity contribution in [3.8, 4) is 0 Å². The Labute approximate surface area is 108 Å². The van der Waals surface area contributed by atoms with E-state index in [0.29, 0.717) is 5.92 Å². The molecule has 0 unspecified atom stereocenters. The van der Waals surface area contributed by atoms with Crippen molar-refractivity contribution in [2.75, 3.05) is 20.1 Å². The van der Waals surface area contributed by atoms with Crippen molar-refractivity contribution < 1.29 is 9.59 Å². The van der Waals surface area contributed by atoms with Gasteiger partial charge in [0.1, 0.15) is 6.04 Å². The van der Waals surface area contributed by atoms with Gasteiger partial charge in [-0.1, -0.05) is 12.8 Å². The fourth-order valence-corrected chi connectivity index (χ4v) is 3.31. The Kier molecular flexibility index (Phi) is 3.90. The molecule has 0 spiro atoms. The highest BCUT2D eigenvalue weighted by atomic mass is 16.2. The lowest BCUT2D eigenvalue weighted by Gasteiger charge is -2.37. The summed E-state index contributed by atoms with van der Waals surface area (Å²) in [5.41, 5.74) is -0.277. The van der Waals surface area contributed by atoms with Crippen LogP contribution in [0.15, 0.2) is 0 Å². The summed E-state index contributed by atoms with van der Waals surface area (Å²) in [4.78, 5) is 24.0. The zero-order chi connectivity index (χ0) is 13.2. The van der Waals surface area contributed by atoms with Crippen LogP contribution in [0.1, 0.15) is 32.6 Å². The molecule has 5 heteroatoms. The molecule has 102 valence electrons. The average Bonchev–Trinajstić information content (AvgIpc) is 2.82. The third-order valence-electron chi connectivity index (χ3n) is 4.48. The summed E-state index contributed by atoms with van der Waals surface area (Å²) in [5.74, 6) is 0.342. The van der Waals surface area contributed by atoms with Gasteiger partial charge in [-0.25, -0.2) is 0 Å². The molecule has 2 amide bonds. The van der Waals surface area contributed by atoms with E-state index >= 15 is 0 Å². The second-order valence-corrected chi connectivity index (χ2v) is 5.54. The minimum atomic E-state index is -0.458. The molecule has 1 aliphatic heterocycles. The van der Waals surface area contributed by atoms with E-state index in [9.17, 15) is 9.59 Å². The van der Waals surface area contributed by atoms with Crippen molar-refractivity contribution >= 4 is 11.8 Å². The van der Waals surface area contributed by atoms with Crippen LogP contribution in [-0.2, 0) is 9.59 Å². The number of carbonyl (C=O) groups excluding carboxylic acids is 2. The zero-order valence-corrected chi connectivity index (χ0v) is 11.2. The first-order valence-corrected chi connectivity index (χ1v) is 6.83. The maximum atomic E-state index is 12.5. The highest BCUT2D eigenvalue weighted by molar-refractivity contribution is 5.90. The maximum Gasteiger partial charge on any atom is 0.242 e. The van der Waals surface area contributed by atoms with Crippen molar-refractivity contribution in [1.29, 1.82) is 0 Å². The molecular formula is C13H23N3O2. The van der Waals surface area contributed by atoms with E-state index in [1.165, 1.54) is 6.42 Å². The summed E-state index contributed by atoms with van der Waals surface area (Å²) in [7, 11) is 1.59. The Morgan fingerprint density at radius 1 is 1.39 bits per heavy atom. The molecule has 2 rings (SSSR count). The second-order valence-electron chi connectivity index (χ2n) is 5.54. The number of fused-ring (bicyclic) bond motifs is 1. The molecule has 3 atom stereocenters. The van der Waals surface area contributed by atoms with Crippen LogP contribution in [-0.4, -0.2) is 38.0 Å². The molecule has 1 heterocycles. The van der Waals surface area contributed by atoms with Gasteiger partial charge in [0.05, 0.1) is 5.41 Å². The number of carbonyl (C=O) groups is 2. The van der Waals surface area contributed by atoms with Gasteiger partial charge in [0.15, 0.2) is 0 Å². The van der Waals surface area contributed by atoms with Crippen molar-refractivity contribution in [3.63, 3.8) is 0 Å². The Morgan fingerprint density at radius 3 is 2.89 bits per heavy atom. The number of hydrogen-bond donors (Lipinski definition) is 3. The predicted octanol–water partition coefficient (Wildman–Crippen LogP) is 0.0169. The first-order chi connectivity index (χ1) is 8.60. The van der Waals surface area contributed by atoms with Gasteiger partial charge in [0, 0.05) is 13.6 Å². The number of nitrogens with one attached hydrogen (secondary N) is 3. The number of likely N-dealkylation sites (N-methyl/N-ethyl adjacent to an activating group) is 1. The van der Waals surface area contributed by atoms with Gasteiger partial charge in [-0.2, -0.15) is 0 Å². The molecule has 0 bridgehead atoms. The molecule has 3 N–H and O–H groups in total. The van der Waals surface area contributed by atoms with E-state index < -0.39 is 6.04 Å². The van der Waals surface area contributed by atoms with Crippen LogP contribution in [0, 0.1) is 11.3 Å². The molecule has 1 aliphatic carbocycles. The van der Waals surface area contributed by atoms with Gasteiger partial charge in [-0.05, 0) is 32.2 Å². The van der Waals surface area contributed by atoms with Crippen LogP contribution >= 0.6 is 0 Å². The largest absolute Gasteiger partial charge is 0.357 e. The minimum absolute atomic E-state index is 0.0494. The van der Waals surface area contributed by atoms with Gasteiger partial charge in [-0.3, -0.25) is 9.59 Å². The van der Waals surface area contributed by atoms with Gasteiger partial charge < -0.3 is 16.0 Å². The number of hydrogen-bond acceptors (Lipinski definition) is 3. The Morgan fingerprint density at radius 2 is 2.17 bits per heavy atom. The van der Waals surface area contributed by atoms with E-state index in [-0.39, 0.29) is 17.2 Å². The fraction of sp³-hybridized carbons (Fsp3) is 0.846. The lowest BCUT2D eigenvalue weighted by atomic mass is 9.67. The molecule has 2 aliphatic rings. The van der Waals surface area contributed by atoms with Crippen LogP contribution in [0.25, 0.3) is 0 Å². The molecule has 1 saturated carbocycles. The highest BCUT2D eigenvalue weighted by Crippen LogP contribution is 2.43. The quantitative estimate of drug-likeness (QED) is 0.664. The van der Waals surface area contributed by atoms with Gasteiger partial charge in [0.2, 0.25) is 11.8 Å². The average molecular weight is 253 g/mol. The molecule has 5 nitrogen and oxygen atoms in total. The highest BCUT2D eigenvalue weighted by Gasteiger charge is 2.50. The van der Waals surface area contributed by atoms with E-state index in [0.717, 1.165) is 32.4 Å². The summed E-state index contributed by atoms with van der Waals surface area (Å²) in [6, 6.07) is -0.458. The Hall–Kier alpha value is -1.10.